The molecule has 7 nitrogen and oxygen atoms in total. The number of rotatable bonds is 3. The minimum absolute atomic E-state index is 0.0186. The van der Waals surface area contributed by atoms with Gasteiger partial charge in [0.2, 0.25) is 0 Å². The first kappa shape index (κ1) is 17.9. The molecule has 0 saturated carbocycles. The highest BCUT2D eigenvalue weighted by Crippen LogP contribution is 2.31. The summed E-state index contributed by atoms with van der Waals surface area (Å²) in [5, 5.41) is 21.2. The van der Waals surface area contributed by atoms with Crippen molar-refractivity contribution in [3.63, 3.8) is 0 Å². The second kappa shape index (κ2) is 7.15. The molecule has 3 rings (SSSR count). The van der Waals surface area contributed by atoms with Crippen LogP contribution in [0.2, 0.25) is 10.0 Å². The predicted octanol–water partition coefficient (Wildman–Crippen LogP) is 3.09. The van der Waals surface area contributed by atoms with Gasteiger partial charge in [-0.25, -0.2) is 10.5 Å². The highest BCUT2D eigenvalue weighted by Gasteiger charge is 2.15. The zero-order valence-corrected chi connectivity index (χ0v) is 14.9. The molecule has 0 aliphatic carbocycles. The summed E-state index contributed by atoms with van der Waals surface area (Å²) >= 11 is 11.8. The Kier molecular flexibility index (Phi) is 4.92. The Balaban J connectivity index is 1.93. The van der Waals surface area contributed by atoms with Gasteiger partial charge in [-0.2, -0.15) is 10.2 Å². The molecule has 0 spiro atoms. The number of fused-ring (bicyclic) bond motifs is 1. The van der Waals surface area contributed by atoms with Crippen LogP contribution < -0.4 is 11.0 Å². The minimum atomic E-state index is -0.621. The van der Waals surface area contributed by atoms with E-state index in [1.54, 1.807) is 31.2 Å². The molecule has 1 amide bonds. The van der Waals surface area contributed by atoms with E-state index in [0.29, 0.717) is 15.8 Å². The van der Waals surface area contributed by atoms with Crippen molar-refractivity contribution in [1.29, 1.82) is 0 Å². The van der Waals surface area contributed by atoms with Crippen molar-refractivity contribution < 1.29 is 9.90 Å². The summed E-state index contributed by atoms with van der Waals surface area (Å²) < 4.78 is 0. The Bertz CT molecular complexity index is 1110. The molecule has 9 heteroatoms. The molecule has 132 valence electrons. The number of nitrogens with zero attached hydrogens (tertiary/aromatic N) is 2. The second-order valence-electron chi connectivity index (χ2n) is 5.37. The Hall–Kier alpha value is -2.90. The number of H-pyrrole nitrogens is 1. The monoisotopic (exact) mass is 390 g/mol. The molecule has 0 fully saturated rings. The Morgan fingerprint density at radius 1 is 1.23 bits per heavy atom. The second-order valence-corrected chi connectivity index (χ2v) is 6.21. The van der Waals surface area contributed by atoms with Gasteiger partial charge in [0.15, 0.2) is 5.69 Å². The van der Waals surface area contributed by atoms with Gasteiger partial charge in [0.05, 0.1) is 16.1 Å². The topological polar surface area (TPSA) is 107 Å². The van der Waals surface area contributed by atoms with Crippen LogP contribution in [-0.4, -0.2) is 26.9 Å². The maximum atomic E-state index is 12.4. The van der Waals surface area contributed by atoms with Crippen molar-refractivity contribution in [3.8, 4) is 5.75 Å². The Morgan fingerprint density at radius 3 is 2.65 bits per heavy atom. The average Bonchev–Trinajstić information content (AvgIpc) is 2.63. The van der Waals surface area contributed by atoms with E-state index >= 15 is 0 Å². The number of benzene rings is 2. The smallest absolute Gasteiger partial charge is 0.292 e. The standard InChI is InChI=1S/C17H12Cl2N4O3/c1-8(12-6-9(18)7-13(19)15(12)24)20-23-17(26)14-10-4-2-3-5-11(10)16(25)22-21-14/h2-7,24H,1H3,(H,22,25)(H,23,26)/b20-8+. The molecule has 3 aromatic rings. The Labute approximate surface area is 157 Å². The summed E-state index contributed by atoms with van der Waals surface area (Å²) in [6, 6.07) is 9.46. The number of hydrazone groups is 1. The van der Waals surface area contributed by atoms with E-state index in [1.807, 2.05) is 0 Å². The molecule has 0 unspecified atom stereocenters. The fraction of sp³-hybridized carbons (Fsp3) is 0.0588. The summed E-state index contributed by atoms with van der Waals surface area (Å²) in [5.41, 5.74) is 2.53. The molecule has 0 radical (unpaired) electrons. The molecule has 0 saturated heterocycles. The fourth-order valence-corrected chi connectivity index (χ4v) is 2.87. The molecule has 0 aliphatic heterocycles. The van der Waals surface area contributed by atoms with Gasteiger partial charge in [-0.05, 0) is 25.1 Å². The highest BCUT2D eigenvalue weighted by atomic mass is 35.5. The van der Waals surface area contributed by atoms with Crippen LogP contribution >= 0.6 is 23.2 Å². The number of carbonyl (C=O) groups excluding carboxylic acids is 1. The van der Waals surface area contributed by atoms with Crippen LogP contribution in [0.15, 0.2) is 46.3 Å². The lowest BCUT2D eigenvalue weighted by Gasteiger charge is -2.08. The number of carbonyl (C=O) groups is 1. The number of halogens is 2. The van der Waals surface area contributed by atoms with E-state index in [2.05, 4.69) is 20.7 Å². The summed E-state index contributed by atoms with van der Waals surface area (Å²) in [4.78, 5) is 24.2. The zero-order chi connectivity index (χ0) is 18.8. The maximum Gasteiger partial charge on any atom is 0.292 e. The van der Waals surface area contributed by atoms with Crippen LogP contribution in [0.4, 0.5) is 0 Å². The number of aromatic amines is 1. The number of phenolic OH excluding ortho intramolecular Hbond substituents is 1. The van der Waals surface area contributed by atoms with E-state index in [4.69, 9.17) is 23.2 Å². The molecule has 0 aliphatic rings. The molecule has 26 heavy (non-hydrogen) atoms. The van der Waals surface area contributed by atoms with Gasteiger partial charge in [0.1, 0.15) is 5.75 Å². The third-order valence-electron chi connectivity index (χ3n) is 3.65. The molecular weight excluding hydrogens is 379 g/mol. The third-order valence-corrected chi connectivity index (χ3v) is 4.16. The summed E-state index contributed by atoms with van der Waals surface area (Å²) in [7, 11) is 0. The molecular formula is C17H12Cl2N4O3. The van der Waals surface area contributed by atoms with Gasteiger partial charge >= 0.3 is 0 Å². The molecule has 1 heterocycles. The summed E-state index contributed by atoms with van der Waals surface area (Å²) in [5.74, 6) is -0.816. The van der Waals surface area contributed by atoms with Crippen LogP contribution in [0.5, 0.6) is 5.75 Å². The van der Waals surface area contributed by atoms with Crippen molar-refractivity contribution in [1.82, 2.24) is 15.6 Å². The molecule has 2 aromatic carbocycles. The number of phenols is 1. The quantitative estimate of drug-likeness (QED) is 0.471. The van der Waals surface area contributed by atoms with Crippen molar-refractivity contribution >= 4 is 45.6 Å². The third kappa shape index (κ3) is 3.40. The zero-order valence-electron chi connectivity index (χ0n) is 13.4. The molecule has 0 atom stereocenters. The number of hydrogen-bond donors (Lipinski definition) is 3. The van der Waals surface area contributed by atoms with E-state index in [0.717, 1.165) is 0 Å². The van der Waals surface area contributed by atoms with Crippen LogP contribution in [0.3, 0.4) is 0 Å². The lowest BCUT2D eigenvalue weighted by atomic mass is 10.1. The SMILES string of the molecule is C/C(=N\NC(=O)c1n[nH]c(=O)c2ccccc12)c1cc(Cl)cc(Cl)c1O. The lowest BCUT2D eigenvalue weighted by molar-refractivity contribution is 0.0950. The van der Waals surface area contributed by atoms with Gasteiger partial charge in [-0.3, -0.25) is 9.59 Å². The molecule has 3 N–H and O–H groups in total. The minimum Gasteiger partial charge on any atom is -0.506 e. The first-order chi connectivity index (χ1) is 12.4. The highest BCUT2D eigenvalue weighted by molar-refractivity contribution is 6.36. The van der Waals surface area contributed by atoms with Gasteiger partial charge in [-0.15, -0.1) is 0 Å². The van der Waals surface area contributed by atoms with E-state index in [1.165, 1.54) is 12.1 Å². The molecule has 1 aromatic heterocycles. The van der Waals surface area contributed by atoms with Crippen molar-refractivity contribution in [2.75, 3.05) is 0 Å². The van der Waals surface area contributed by atoms with Crippen LogP contribution in [-0.2, 0) is 0 Å². The first-order valence-corrected chi connectivity index (χ1v) is 8.14. The van der Waals surface area contributed by atoms with E-state index < -0.39 is 11.5 Å². The average molecular weight is 391 g/mol. The van der Waals surface area contributed by atoms with E-state index in [9.17, 15) is 14.7 Å². The first-order valence-electron chi connectivity index (χ1n) is 7.39. The Morgan fingerprint density at radius 2 is 1.92 bits per heavy atom. The maximum absolute atomic E-state index is 12.4. The van der Waals surface area contributed by atoms with Crippen LogP contribution in [0, 0.1) is 0 Å². The van der Waals surface area contributed by atoms with Crippen LogP contribution in [0.25, 0.3) is 10.8 Å². The predicted molar refractivity (Wildman–Crippen MR) is 100 cm³/mol. The largest absolute Gasteiger partial charge is 0.506 e. The summed E-state index contributed by atoms with van der Waals surface area (Å²) in [6.45, 7) is 1.57. The van der Waals surface area contributed by atoms with Gasteiger partial charge < -0.3 is 5.11 Å². The van der Waals surface area contributed by atoms with Crippen molar-refractivity contribution in [3.05, 3.63) is 68.1 Å². The fourth-order valence-electron chi connectivity index (χ4n) is 2.38. The van der Waals surface area contributed by atoms with Crippen LogP contribution in [0.1, 0.15) is 23.0 Å². The van der Waals surface area contributed by atoms with E-state index in [-0.39, 0.29) is 27.7 Å². The lowest BCUT2D eigenvalue weighted by Crippen LogP contribution is -2.23. The van der Waals surface area contributed by atoms with Crippen molar-refractivity contribution in [2.45, 2.75) is 6.92 Å². The number of aromatic hydroxyl groups is 1. The molecule has 0 bridgehead atoms. The van der Waals surface area contributed by atoms with Gasteiger partial charge in [0.25, 0.3) is 11.5 Å². The van der Waals surface area contributed by atoms with Gasteiger partial charge in [-0.1, -0.05) is 41.4 Å². The van der Waals surface area contributed by atoms with Crippen molar-refractivity contribution in [2.24, 2.45) is 5.10 Å². The number of amides is 1. The van der Waals surface area contributed by atoms with Gasteiger partial charge in [0, 0.05) is 16.0 Å². The normalized spacial score (nSPS) is 11.6. The number of hydrogen-bond acceptors (Lipinski definition) is 5. The number of nitrogens with one attached hydrogen (secondary N) is 2. The number of aromatic nitrogens is 2. The summed E-state index contributed by atoms with van der Waals surface area (Å²) in [6.07, 6.45) is 0.